The number of hydrogen-bond acceptors (Lipinski definition) is 2. The monoisotopic (exact) mass is 269 g/mol. The van der Waals surface area contributed by atoms with Gasteiger partial charge in [0.2, 0.25) is 0 Å². The fourth-order valence-electron chi connectivity index (χ4n) is 1.64. The number of halogens is 2. The van der Waals surface area contributed by atoms with E-state index in [2.05, 4.69) is 0 Å². The van der Waals surface area contributed by atoms with Crippen LogP contribution in [0.4, 0.5) is 0 Å². The van der Waals surface area contributed by atoms with Crippen LogP contribution in [0, 0.1) is 0 Å². The maximum atomic E-state index is 11.9. The van der Waals surface area contributed by atoms with Crippen LogP contribution < -0.4 is 0 Å². The number of carbonyl (C=O) groups is 2. The Kier molecular flexibility index (Phi) is 3.50. The van der Waals surface area contributed by atoms with Crippen LogP contribution in [0.1, 0.15) is 5.56 Å². The number of nitrogens with zero attached hydrogens (tertiary/aromatic N) is 1. The minimum Gasteiger partial charge on any atom is -0.274 e. The van der Waals surface area contributed by atoms with E-state index < -0.39 is 0 Å². The predicted molar refractivity (Wildman–Crippen MR) is 66.9 cm³/mol. The molecular weight excluding hydrogens is 261 g/mol. The van der Waals surface area contributed by atoms with Crippen molar-refractivity contribution in [3.63, 3.8) is 0 Å². The lowest BCUT2D eigenvalue weighted by atomic mass is 10.1. The van der Waals surface area contributed by atoms with E-state index in [1.54, 1.807) is 24.3 Å². The Bertz CT molecular complexity index is 494. The van der Waals surface area contributed by atoms with Crippen LogP contribution in [0.2, 0.25) is 5.02 Å². The lowest BCUT2D eigenvalue weighted by molar-refractivity contribution is -0.136. The fourth-order valence-corrected chi connectivity index (χ4v) is 1.94. The van der Waals surface area contributed by atoms with Crippen LogP contribution in [-0.2, 0) is 9.59 Å². The van der Waals surface area contributed by atoms with Gasteiger partial charge in [0.25, 0.3) is 11.8 Å². The summed E-state index contributed by atoms with van der Waals surface area (Å²) < 4.78 is 0. The van der Waals surface area contributed by atoms with E-state index in [0.29, 0.717) is 16.2 Å². The molecule has 3 nitrogen and oxygen atoms in total. The molecule has 88 valence electrons. The molecule has 1 aliphatic rings. The highest BCUT2D eigenvalue weighted by molar-refractivity contribution is 6.34. The van der Waals surface area contributed by atoms with Gasteiger partial charge in [-0.2, -0.15) is 0 Å². The van der Waals surface area contributed by atoms with Crippen molar-refractivity contribution in [3.05, 3.63) is 40.9 Å². The van der Waals surface area contributed by atoms with Crippen molar-refractivity contribution in [2.45, 2.75) is 0 Å². The summed E-state index contributed by atoms with van der Waals surface area (Å²) in [5, 5.41) is 0.587. The summed E-state index contributed by atoms with van der Waals surface area (Å²) in [5.41, 5.74) is 1.07. The highest BCUT2D eigenvalue weighted by Gasteiger charge is 2.30. The maximum Gasteiger partial charge on any atom is 0.261 e. The van der Waals surface area contributed by atoms with Crippen molar-refractivity contribution in [3.8, 4) is 0 Å². The minimum atomic E-state index is -0.319. The number of hydrogen-bond donors (Lipinski definition) is 0. The molecule has 0 bridgehead atoms. The molecule has 0 aliphatic carbocycles. The number of alkyl halides is 1. The Labute approximate surface area is 109 Å². The van der Waals surface area contributed by atoms with Gasteiger partial charge in [-0.15, -0.1) is 11.6 Å². The standard InChI is InChI=1S/C12H9Cl2NO2/c13-5-6-15-11(16)7-10(12(15)17)8-1-3-9(14)4-2-8/h1-4,7H,5-6H2. The van der Waals surface area contributed by atoms with Gasteiger partial charge in [-0.05, 0) is 17.7 Å². The summed E-state index contributed by atoms with van der Waals surface area (Å²) >= 11 is 11.3. The first-order valence-corrected chi connectivity index (χ1v) is 5.94. The number of imide groups is 1. The molecular formula is C12H9Cl2NO2. The first-order chi connectivity index (χ1) is 8.13. The summed E-state index contributed by atoms with van der Waals surface area (Å²) in [5.74, 6) is -0.391. The van der Waals surface area contributed by atoms with Crippen LogP contribution >= 0.6 is 23.2 Å². The molecule has 2 rings (SSSR count). The average Bonchev–Trinajstić information content (AvgIpc) is 2.59. The van der Waals surface area contributed by atoms with E-state index in [-0.39, 0.29) is 24.2 Å². The largest absolute Gasteiger partial charge is 0.274 e. The van der Waals surface area contributed by atoms with Crippen LogP contribution in [0.25, 0.3) is 5.57 Å². The van der Waals surface area contributed by atoms with Crippen LogP contribution in [0.3, 0.4) is 0 Å². The number of amides is 2. The van der Waals surface area contributed by atoms with Gasteiger partial charge in [0.05, 0.1) is 5.57 Å². The molecule has 0 saturated carbocycles. The molecule has 0 N–H and O–H groups in total. The third kappa shape index (κ3) is 2.35. The second-order valence-electron chi connectivity index (χ2n) is 3.55. The topological polar surface area (TPSA) is 37.4 Å². The lowest BCUT2D eigenvalue weighted by Gasteiger charge is -2.12. The summed E-state index contributed by atoms with van der Waals surface area (Å²) in [6, 6.07) is 6.78. The Morgan fingerprint density at radius 1 is 1.12 bits per heavy atom. The molecule has 1 heterocycles. The molecule has 0 saturated heterocycles. The quantitative estimate of drug-likeness (QED) is 0.624. The van der Waals surface area contributed by atoms with E-state index in [9.17, 15) is 9.59 Å². The van der Waals surface area contributed by atoms with E-state index >= 15 is 0 Å². The molecule has 1 aliphatic heterocycles. The molecule has 0 atom stereocenters. The first kappa shape index (κ1) is 12.1. The number of carbonyl (C=O) groups excluding carboxylic acids is 2. The molecule has 2 amide bonds. The molecule has 0 spiro atoms. The van der Waals surface area contributed by atoms with Gasteiger partial charge in [0.15, 0.2) is 0 Å². The van der Waals surface area contributed by atoms with Gasteiger partial charge in [-0.1, -0.05) is 23.7 Å². The molecule has 0 fully saturated rings. The average molecular weight is 270 g/mol. The van der Waals surface area contributed by atoms with Crippen molar-refractivity contribution < 1.29 is 9.59 Å². The van der Waals surface area contributed by atoms with Gasteiger partial charge in [-0.3, -0.25) is 14.5 Å². The zero-order chi connectivity index (χ0) is 12.4. The lowest BCUT2D eigenvalue weighted by Crippen LogP contribution is -2.32. The second kappa shape index (κ2) is 4.90. The van der Waals surface area contributed by atoms with Gasteiger partial charge >= 0.3 is 0 Å². The Hall–Kier alpha value is -1.32. The van der Waals surface area contributed by atoms with E-state index in [4.69, 9.17) is 23.2 Å². The summed E-state index contributed by atoms with van der Waals surface area (Å²) in [4.78, 5) is 24.6. The van der Waals surface area contributed by atoms with Gasteiger partial charge in [0.1, 0.15) is 0 Å². The molecule has 17 heavy (non-hydrogen) atoms. The van der Waals surface area contributed by atoms with Crippen LogP contribution in [0.5, 0.6) is 0 Å². The molecule has 1 aromatic rings. The fraction of sp³-hybridized carbons (Fsp3) is 0.167. The zero-order valence-electron chi connectivity index (χ0n) is 8.82. The summed E-state index contributed by atoms with van der Waals surface area (Å²) in [6.45, 7) is 0.229. The number of benzene rings is 1. The minimum absolute atomic E-state index is 0.229. The highest BCUT2D eigenvalue weighted by Crippen LogP contribution is 2.24. The second-order valence-corrected chi connectivity index (χ2v) is 4.36. The van der Waals surface area contributed by atoms with Crippen LogP contribution in [0.15, 0.2) is 30.3 Å². The summed E-state index contributed by atoms with van der Waals surface area (Å²) in [7, 11) is 0. The molecule has 5 heteroatoms. The normalized spacial score (nSPS) is 15.4. The van der Waals surface area contributed by atoms with E-state index in [1.165, 1.54) is 6.08 Å². The molecule has 0 aromatic heterocycles. The Morgan fingerprint density at radius 2 is 1.76 bits per heavy atom. The third-order valence-electron chi connectivity index (χ3n) is 2.47. The van der Waals surface area contributed by atoms with Crippen molar-refractivity contribution in [2.24, 2.45) is 0 Å². The highest BCUT2D eigenvalue weighted by atomic mass is 35.5. The van der Waals surface area contributed by atoms with Gasteiger partial charge in [0, 0.05) is 23.5 Å². The first-order valence-electron chi connectivity index (χ1n) is 5.03. The van der Waals surface area contributed by atoms with Gasteiger partial charge in [-0.25, -0.2) is 0 Å². The van der Waals surface area contributed by atoms with Crippen molar-refractivity contribution >= 4 is 40.6 Å². The predicted octanol–water partition coefficient (Wildman–Crippen LogP) is 2.33. The van der Waals surface area contributed by atoms with Crippen molar-refractivity contribution in [1.29, 1.82) is 0 Å². The van der Waals surface area contributed by atoms with Crippen molar-refractivity contribution in [1.82, 2.24) is 4.90 Å². The molecule has 0 unspecified atom stereocenters. The van der Waals surface area contributed by atoms with Crippen LogP contribution in [-0.4, -0.2) is 29.1 Å². The summed E-state index contributed by atoms with van der Waals surface area (Å²) in [6.07, 6.45) is 1.33. The SMILES string of the molecule is O=C1C=C(c2ccc(Cl)cc2)C(=O)N1CCCl. The molecule has 1 aromatic carbocycles. The van der Waals surface area contributed by atoms with Crippen molar-refractivity contribution in [2.75, 3.05) is 12.4 Å². The Balaban J connectivity index is 2.29. The maximum absolute atomic E-state index is 11.9. The van der Waals surface area contributed by atoms with E-state index in [1.807, 2.05) is 0 Å². The van der Waals surface area contributed by atoms with Gasteiger partial charge < -0.3 is 0 Å². The number of rotatable bonds is 3. The Morgan fingerprint density at radius 3 is 2.35 bits per heavy atom. The third-order valence-corrected chi connectivity index (χ3v) is 2.89. The smallest absolute Gasteiger partial charge is 0.261 e. The molecule has 0 radical (unpaired) electrons. The van der Waals surface area contributed by atoms with E-state index in [0.717, 1.165) is 4.90 Å². The zero-order valence-corrected chi connectivity index (χ0v) is 10.3.